The molecule has 1 atom stereocenters. The molecule has 2 fully saturated rings. The highest BCUT2D eigenvalue weighted by Crippen LogP contribution is 2.35. The van der Waals surface area contributed by atoms with E-state index in [9.17, 15) is 0 Å². The van der Waals surface area contributed by atoms with Crippen molar-refractivity contribution in [2.24, 2.45) is 13.0 Å². The highest BCUT2D eigenvalue weighted by Gasteiger charge is 2.41. The van der Waals surface area contributed by atoms with E-state index in [0.717, 1.165) is 37.6 Å². The van der Waals surface area contributed by atoms with Gasteiger partial charge < -0.3 is 14.2 Å². The highest BCUT2D eigenvalue weighted by molar-refractivity contribution is 5.30. The summed E-state index contributed by atoms with van der Waals surface area (Å²) in [6.45, 7) is 8.52. The van der Waals surface area contributed by atoms with Crippen LogP contribution in [0.4, 0.5) is 0 Å². The molecule has 22 heavy (non-hydrogen) atoms. The lowest BCUT2D eigenvalue weighted by Gasteiger charge is -2.39. The molecule has 0 aromatic carbocycles. The third-order valence-electron chi connectivity index (χ3n) is 4.97. The van der Waals surface area contributed by atoms with Crippen LogP contribution in [0.2, 0.25) is 0 Å². The molecule has 0 spiro atoms. The minimum Gasteiger partial charge on any atom is -0.481 e. The normalized spacial score (nSPS) is 25.5. The van der Waals surface area contributed by atoms with Crippen LogP contribution in [-0.4, -0.2) is 53.9 Å². The fraction of sp³-hybridized carbons (Fsp3) is 0.812. The van der Waals surface area contributed by atoms with Gasteiger partial charge in [-0.1, -0.05) is 0 Å². The minimum absolute atomic E-state index is 0.410. The minimum atomic E-state index is -0.410. The molecule has 0 saturated carbocycles. The Labute approximate surface area is 132 Å². The Morgan fingerprint density at radius 1 is 1.36 bits per heavy atom. The molecule has 0 amide bonds. The first-order chi connectivity index (χ1) is 10.5. The first-order valence-electron chi connectivity index (χ1n) is 8.10. The number of likely N-dealkylation sites (tertiary alicyclic amines) is 1. The third kappa shape index (κ3) is 2.87. The summed E-state index contributed by atoms with van der Waals surface area (Å²) in [4.78, 5) is 2.47. The Morgan fingerprint density at radius 3 is 2.77 bits per heavy atom. The largest absolute Gasteiger partial charge is 0.481 e. The van der Waals surface area contributed by atoms with Crippen molar-refractivity contribution in [1.29, 1.82) is 0 Å². The Bertz CT molecular complexity index is 523. The van der Waals surface area contributed by atoms with Gasteiger partial charge in [0, 0.05) is 26.1 Å². The van der Waals surface area contributed by atoms with Crippen LogP contribution >= 0.6 is 0 Å². The van der Waals surface area contributed by atoms with E-state index in [0.29, 0.717) is 19.1 Å². The summed E-state index contributed by atoms with van der Waals surface area (Å²) in [6, 6.07) is 0. The zero-order chi connectivity index (χ0) is 15.7. The molecule has 0 aliphatic carbocycles. The molecule has 2 saturated heterocycles. The van der Waals surface area contributed by atoms with E-state index >= 15 is 0 Å². The molecular weight excluding hydrogens is 282 g/mol. The molecule has 1 aromatic rings. The molecule has 6 nitrogen and oxygen atoms in total. The zero-order valence-corrected chi connectivity index (χ0v) is 14.1. The number of aromatic nitrogens is 2. The van der Waals surface area contributed by atoms with Crippen molar-refractivity contribution in [1.82, 2.24) is 14.7 Å². The Hall–Kier alpha value is -1.11. The number of hydrogen-bond donors (Lipinski definition) is 0. The number of methoxy groups -OCH3 is 1. The van der Waals surface area contributed by atoms with Crippen LogP contribution < -0.4 is 4.74 Å². The molecule has 6 heteroatoms. The van der Waals surface area contributed by atoms with Crippen LogP contribution in [-0.2, 0) is 23.1 Å². The van der Waals surface area contributed by atoms with Crippen LogP contribution in [0, 0.1) is 12.8 Å². The predicted molar refractivity (Wildman–Crippen MR) is 82.8 cm³/mol. The van der Waals surface area contributed by atoms with Gasteiger partial charge in [-0.3, -0.25) is 4.90 Å². The second-order valence-electron chi connectivity index (χ2n) is 6.48. The molecule has 0 radical (unpaired) electrons. The zero-order valence-electron chi connectivity index (χ0n) is 14.1. The van der Waals surface area contributed by atoms with E-state index in [4.69, 9.17) is 14.2 Å². The number of aryl methyl sites for hydroxylation is 2. The van der Waals surface area contributed by atoms with Gasteiger partial charge in [-0.15, -0.1) is 0 Å². The first kappa shape index (κ1) is 15.8. The lowest BCUT2D eigenvalue weighted by Crippen LogP contribution is -2.46. The van der Waals surface area contributed by atoms with E-state index in [1.807, 2.05) is 18.7 Å². The van der Waals surface area contributed by atoms with Crippen LogP contribution in [0.15, 0.2) is 0 Å². The number of rotatable bonds is 4. The number of hydrogen-bond acceptors (Lipinski definition) is 5. The Kier molecular flexibility index (Phi) is 4.43. The van der Waals surface area contributed by atoms with Gasteiger partial charge in [-0.2, -0.15) is 5.10 Å². The van der Waals surface area contributed by atoms with E-state index in [1.165, 1.54) is 12.0 Å². The maximum absolute atomic E-state index is 5.86. The summed E-state index contributed by atoms with van der Waals surface area (Å²) < 4.78 is 19.0. The molecule has 0 unspecified atom stereocenters. The van der Waals surface area contributed by atoms with E-state index in [2.05, 4.69) is 16.9 Å². The second kappa shape index (κ2) is 6.18. The van der Waals surface area contributed by atoms with Gasteiger partial charge in [0.25, 0.3) is 0 Å². The third-order valence-corrected chi connectivity index (χ3v) is 4.97. The molecule has 2 aliphatic rings. The molecule has 124 valence electrons. The number of ether oxygens (including phenoxy) is 3. The van der Waals surface area contributed by atoms with Crippen LogP contribution in [0.1, 0.15) is 31.0 Å². The van der Waals surface area contributed by atoms with E-state index in [1.54, 1.807) is 7.11 Å². The molecule has 0 bridgehead atoms. The highest BCUT2D eigenvalue weighted by atomic mass is 16.7. The first-order valence-corrected chi connectivity index (χ1v) is 8.10. The summed E-state index contributed by atoms with van der Waals surface area (Å²) >= 11 is 0. The molecule has 1 aromatic heterocycles. The van der Waals surface area contributed by atoms with Crippen LogP contribution in [0.25, 0.3) is 0 Å². The lowest BCUT2D eigenvalue weighted by molar-refractivity contribution is -0.192. The van der Waals surface area contributed by atoms with Crippen molar-refractivity contribution < 1.29 is 14.2 Å². The predicted octanol–water partition coefficient (Wildman–Crippen LogP) is 1.71. The second-order valence-corrected chi connectivity index (χ2v) is 6.48. The van der Waals surface area contributed by atoms with Gasteiger partial charge in [-0.25, -0.2) is 4.68 Å². The van der Waals surface area contributed by atoms with Gasteiger partial charge >= 0.3 is 0 Å². The molecule has 2 aliphatic heterocycles. The van der Waals surface area contributed by atoms with E-state index in [-0.39, 0.29) is 0 Å². The summed E-state index contributed by atoms with van der Waals surface area (Å²) in [7, 11) is 3.63. The van der Waals surface area contributed by atoms with Gasteiger partial charge in [0.15, 0.2) is 5.79 Å². The maximum Gasteiger partial charge on any atom is 0.216 e. The summed E-state index contributed by atoms with van der Waals surface area (Å²) in [5, 5.41) is 4.47. The SMILES string of the molecule is COc1c(CN2CCC[C@H](C3(C)OCCO3)C2)c(C)nn1C. The average Bonchev–Trinajstić information content (AvgIpc) is 3.05. The summed E-state index contributed by atoms with van der Waals surface area (Å²) in [5.74, 6) is 0.873. The number of nitrogens with zero attached hydrogens (tertiary/aromatic N) is 3. The van der Waals surface area contributed by atoms with Crippen molar-refractivity contribution in [3.63, 3.8) is 0 Å². The fourth-order valence-corrected chi connectivity index (χ4v) is 3.73. The standard InChI is InChI=1S/C16H27N3O3/c1-12-14(15(20-4)18(3)17-12)11-19-7-5-6-13(10-19)16(2)21-8-9-22-16/h13H,5-11H2,1-4H3/t13-/m0/s1. The van der Waals surface area contributed by atoms with Gasteiger partial charge in [-0.05, 0) is 33.2 Å². The van der Waals surface area contributed by atoms with Gasteiger partial charge in [0.1, 0.15) is 0 Å². The quantitative estimate of drug-likeness (QED) is 0.847. The molecular formula is C16H27N3O3. The lowest BCUT2D eigenvalue weighted by atomic mass is 9.90. The fourth-order valence-electron chi connectivity index (χ4n) is 3.73. The van der Waals surface area contributed by atoms with Crippen molar-refractivity contribution in [2.45, 2.75) is 39.0 Å². The summed E-state index contributed by atoms with van der Waals surface area (Å²) in [6.07, 6.45) is 2.34. The van der Waals surface area contributed by atoms with Crippen molar-refractivity contribution in [2.75, 3.05) is 33.4 Å². The van der Waals surface area contributed by atoms with E-state index < -0.39 is 5.79 Å². The monoisotopic (exact) mass is 309 g/mol. The Morgan fingerprint density at radius 2 is 2.09 bits per heavy atom. The van der Waals surface area contributed by atoms with Crippen molar-refractivity contribution in [3.05, 3.63) is 11.3 Å². The Balaban J connectivity index is 1.70. The molecule has 0 N–H and O–H groups in total. The van der Waals surface area contributed by atoms with Crippen LogP contribution in [0.5, 0.6) is 5.88 Å². The topological polar surface area (TPSA) is 48.8 Å². The van der Waals surface area contributed by atoms with Crippen LogP contribution in [0.3, 0.4) is 0 Å². The van der Waals surface area contributed by atoms with Gasteiger partial charge in [0.2, 0.25) is 5.88 Å². The van der Waals surface area contributed by atoms with Crippen molar-refractivity contribution in [3.8, 4) is 5.88 Å². The average molecular weight is 309 g/mol. The number of piperidine rings is 1. The molecule has 3 heterocycles. The molecule has 3 rings (SSSR count). The van der Waals surface area contributed by atoms with Gasteiger partial charge in [0.05, 0.1) is 31.6 Å². The maximum atomic E-state index is 5.86. The van der Waals surface area contributed by atoms with Crippen molar-refractivity contribution >= 4 is 0 Å². The smallest absolute Gasteiger partial charge is 0.216 e. The summed E-state index contributed by atoms with van der Waals surface area (Å²) in [5.41, 5.74) is 2.23.